The molecular weight excluding hydrogens is 338 g/mol. The molecule has 0 spiro atoms. The van der Waals surface area contributed by atoms with Gasteiger partial charge in [0, 0.05) is 6.07 Å². The number of nitrogens with zero attached hydrogens (tertiary/aromatic N) is 1. The fourth-order valence-corrected chi connectivity index (χ4v) is 3.15. The maximum absolute atomic E-state index is 13.7. The Kier molecular flexibility index (Phi) is 4.30. The van der Waals surface area contributed by atoms with Crippen LogP contribution >= 0.6 is 11.3 Å². The van der Waals surface area contributed by atoms with Gasteiger partial charge in [0.1, 0.15) is 33.4 Å². The third-order valence-electron chi connectivity index (χ3n) is 3.31. The summed E-state index contributed by atoms with van der Waals surface area (Å²) in [6.45, 7) is 0. The first-order chi connectivity index (χ1) is 11.5. The molecule has 3 rings (SSSR count). The van der Waals surface area contributed by atoms with Crippen LogP contribution < -0.4 is 14.8 Å². The predicted octanol–water partition coefficient (Wildman–Crippen LogP) is 3.84. The molecular formula is C16H12F2N2O3S. The van der Waals surface area contributed by atoms with Gasteiger partial charge in [-0.25, -0.2) is 13.8 Å². The summed E-state index contributed by atoms with van der Waals surface area (Å²) in [5, 5.41) is 2.76. The Morgan fingerprint density at radius 1 is 1.12 bits per heavy atom. The van der Waals surface area contributed by atoms with Gasteiger partial charge in [-0.1, -0.05) is 11.3 Å². The Morgan fingerprint density at radius 2 is 1.83 bits per heavy atom. The van der Waals surface area contributed by atoms with Gasteiger partial charge in [0.15, 0.2) is 5.13 Å². The van der Waals surface area contributed by atoms with Crippen LogP contribution in [0.3, 0.4) is 0 Å². The van der Waals surface area contributed by atoms with Crippen LogP contribution in [0.25, 0.3) is 10.2 Å². The standard InChI is InChI=1S/C16H12F2N2O3S/c1-22-11-5-6-12(23-2)14-13(11)19-16(24-14)20-15(21)9-4-3-8(17)7-10(9)18/h3-7H,1-2H3,(H,19,20,21). The number of aromatic nitrogens is 1. The molecule has 0 bridgehead atoms. The highest BCUT2D eigenvalue weighted by Gasteiger charge is 2.17. The molecule has 3 aromatic rings. The van der Waals surface area contributed by atoms with E-state index in [1.807, 2.05) is 0 Å². The van der Waals surface area contributed by atoms with Crippen molar-refractivity contribution in [2.24, 2.45) is 0 Å². The van der Waals surface area contributed by atoms with Gasteiger partial charge in [0.25, 0.3) is 5.91 Å². The number of carbonyl (C=O) groups excluding carboxylic acids is 1. The van der Waals surface area contributed by atoms with Gasteiger partial charge >= 0.3 is 0 Å². The second kappa shape index (κ2) is 6.40. The number of nitrogens with one attached hydrogen (secondary N) is 1. The first-order valence-corrected chi connectivity index (χ1v) is 7.63. The molecule has 1 amide bonds. The minimum Gasteiger partial charge on any atom is -0.495 e. The lowest BCUT2D eigenvalue weighted by atomic mass is 10.2. The Labute approximate surface area is 139 Å². The maximum Gasteiger partial charge on any atom is 0.260 e. The highest BCUT2D eigenvalue weighted by atomic mass is 32.1. The zero-order chi connectivity index (χ0) is 17.3. The van der Waals surface area contributed by atoms with E-state index < -0.39 is 17.5 Å². The minimum atomic E-state index is -0.941. The van der Waals surface area contributed by atoms with Crippen LogP contribution in [0.15, 0.2) is 30.3 Å². The summed E-state index contributed by atoms with van der Waals surface area (Å²) in [6, 6.07) is 6.17. The van der Waals surface area contributed by atoms with Gasteiger partial charge in [0.05, 0.1) is 19.8 Å². The van der Waals surface area contributed by atoms with Crippen LogP contribution in [0, 0.1) is 11.6 Å². The topological polar surface area (TPSA) is 60.5 Å². The molecule has 1 heterocycles. The lowest BCUT2D eigenvalue weighted by molar-refractivity contribution is 0.102. The first kappa shape index (κ1) is 16.1. The summed E-state index contributed by atoms with van der Waals surface area (Å²) < 4.78 is 37.8. The summed E-state index contributed by atoms with van der Waals surface area (Å²) in [4.78, 5) is 16.5. The lowest BCUT2D eigenvalue weighted by Crippen LogP contribution is -2.13. The summed E-state index contributed by atoms with van der Waals surface area (Å²) in [7, 11) is 3.03. The molecule has 0 saturated heterocycles. The highest BCUT2D eigenvalue weighted by Crippen LogP contribution is 2.38. The van der Waals surface area contributed by atoms with Gasteiger partial charge in [-0.3, -0.25) is 10.1 Å². The normalized spacial score (nSPS) is 10.7. The van der Waals surface area contributed by atoms with Gasteiger partial charge in [0.2, 0.25) is 0 Å². The number of hydrogen-bond acceptors (Lipinski definition) is 5. The van der Waals surface area contributed by atoms with Crippen molar-refractivity contribution in [1.82, 2.24) is 4.98 Å². The first-order valence-electron chi connectivity index (χ1n) is 6.81. The average molecular weight is 350 g/mol. The summed E-state index contributed by atoms with van der Waals surface area (Å²) in [6.07, 6.45) is 0. The number of fused-ring (bicyclic) bond motifs is 1. The molecule has 0 fully saturated rings. The van der Waals surface area contributed by atoms with E-state index in [-0.39, 0.29) is 10.7 Å². The van der Waals surface area contributed by atoms with Crippen LogP contribution in [0.4, 0.5) is 13.9 Å². The van der Waals surface area contributed by atoms with Crippen molar-refractivity contribution in [3.05, 3.63) is 47.5 Å². The number of anilines is 1. The number of carbonyl (C=O) groups is 1. The van der Waals surface area contributed by atoms with Crippen LogP contribution in [0.5, 0.6) is 11.5 Å². The van der Waals surface area contributed by atoms with Gasteiger partial charge in [-0.2, -0.15) is 0 Å². The van der Waals surface area contributed by atoms with Gasteiger partial charge < -0.3 is 9.47 Å². The second-order valence-corrected chi connectivity index (χ2v) is 5.74. The van der Waals surface area contributed by atoms with E-state index in [2.05, 4.69) is 10.3 Å². The van der Waals surface area contributed by atoms with Crippen molar-refractivity contribution in [3.63, 3.8) is 0 Å². The van der Waals surface area contributed by atoms with E-state index in [1.54, 1.807) is 12.1 Å². The number of methoxy groups -OCH3 is 2. The minimum absolute atomic E-state index is 0.251. The molecule has 24 heavy (non-hydrogen) atoms. The summed E-state index contributed by atoms with van der Waals surface area (Å²) in [5.74, 6) is -1.31. The molecule has 0 aliphatic heterocycles. The predicted molar refractivity (Wildman–Crippen MR) is 87.0 cm³/mol. The smallest absolute Gasteiger partial charge is 0.260 e. The van der Waals surface area contributed by atoms with Crippen molar-refractivity contribution in [2.75, 3.05) is 19.5 Å². The van der Waals surface area contributed by atoms with Crippen LogP contribution in [-0.4, -0.2) is 25.1 Å². The number of ether oxygens (including phenoxy) is 2. The molecule has 1 aromatic heterocycles. The number of halogens is 2. The van der Waals surface area contributed by atoms with Gasteiger partial charge in [-0.15, -0.1) is 0 Å². The van der Waals surface area contributed by atoms with Crippen LogP contribution in [-0.2, 0) is 0 Å². The average Bonchev–Trinajstić information content (AvgIpc) is 2.97. The Balaban J connectivity index is 1.96. The molecule has 0 saturated carbocycles. The molecule has 124 valence electrons. The van der Waals surface area contributed by atoms with Crippen molar-refractivity contribution in [1.29, 1.82) is 0 Å². The van der Waals surface area contributed by atoms with E-state index in [9.17, 15) is 13.6 Å². The zero-order valence-electron chi connectivity index (χ0n) is 12.7. The molecule has 1 N–H and O–H groups in total. The van der Waals surface area contributed by atoms with Crippen molar-refractivity contribution < 1.29 is 23.0 Å². The number of amides is 1. The fourth-order valence-electron chi connectivity index (χ4n) is 2.18. The van der Waals surface area contributed by atoms with E-state index >= 15 is 0 Å². The van der Waals surface area contributed by atoms with Gasteiger partial charge in [-0.05, 0) is 24.3 Å². The molecule has 0 atom stereocenters. The fraction of sp³-hybridized carbons (Fsp3) is 0.125. The molecule has 0 radical (unpaired) electrons. The monoisotopic (exact) mass is 350 g/mol. The number of hydrogen-bond donors (Lipinski definition) is 1. The largest absolute Gasteiger partial charge is 0.495 e. The number of benzene rings is 2. The Morgan fingerprint density at radius 3 is 2.50 bits per heavy atom. The summed E-state index contributed by atoms with van der Waals surface area (Å²) >= 11 is 1.17. The van der Waals surface area contributed by atoms with Crippen molar-refractivity contribution in [2.45, 2.75) is 0 Å². The highest BCUT2D eigenvalue weighted by molar-refractivity contribution is 7.22. The molecule has 2 aromatic carbocycles. The number of rotatable bonds is 4. The lowest BCUT2D eigenvalue weighted by Gasteiger charge is -2.03. The van der Waals surface area contributed by atoms with E-state index in [1.165, 1.54) is 25.6 Å². The van der Waals surface area contributed by atoms with Crippen molar-refractivity contribution in [3.8, 4) is 11.5 Å². The van der Waals surface area contributed by atoms with Crippen LogP contribution in [0.1, 0.15) is 10.4 Å². The Bertz CT molecular complexity index is 886. The van der Waals surface area contributed by atoms with E-state index in [0.29, 0.717) is 27.8 Å². The molecule has 8 heteroatoms. The van der Waals surface area contributed by atoms with E-state index in [0.717, 1.165) is 12.1 Å². The third-order valence-corrected chi connectivity index (χ3v) is 4.29. The molecule has 0 unspecified atom stereocenters. The SMILES string of the molecule is COc1ccc(OC)c2sc(NC(=O)c3ccc(F)cc3F)nc12. The van der Waals surface area contributed by atoms with Crippen molar-refractivity contribution >= 4 is 32.6 Å². The van der Waals surface area contributed by atoms with E-state index in [4.69, 9.17) is 9.47 Å². The number of thiazole rings is 1. The maximum atomic E-state index is 13.7. The van der Waals surface area contributed by atoms with Crippen LogP contribution in [0.2, 0.25) is 0 Å². The molecule has 0 aliphatic carbocycles. The zero-order valence-corrected chi connectivity index (χ0v) is 13.5. The Hall–Kier alpha value is -2.74. The molecule has 5 nitrogen and oxygen atoms in total. The quantitative estimate of drug-likeness (QED) is 0.777. The molecule has 0 aliphatic rings. The second-order valence-electron chi connectivity index (χ2n) is 4.75. The summed E-state index contributed by atoms with van der Waals surface area (Å²) in [5.41, 5.74) is 0.256. The third kappa shape index (κ3) is 2.88.